The average molecular weight is 192 g/mol. The van der Waals surface area contributed by atoms with Crippen LogP contribution >= 0.6 is 0 Å². The maximum atomic E-state index is 3.77. The third kappa shape index (κ3) is 3.04. The molecule has 1 aliphatic rings. The van der Waals surface area contributed by atoms with E-state index < -0.39 is 0 Å². The second-order valence-electron chi connectivity index (χ2n) is 3.77. The van der Waals surface area contributed by atoms with Gasteiger partial charge in [-0.15, -0.1) is 13.2 Å². The van der Waals surface area contributed by atoms with Gasteiger partial charge in [0.1, 0.15) is 0 Å². The molecular weight excluding hydrogens is 172 g/mol. The molecule has 0 aromatic rings. The van der Waals surface area contributed by atoms with Crippen molar-refractivity contribution in [2.75, 3.05) is 19.6 Å². The average Bonchev–Trinajstić information content (AvgIpc) is 2.48. The molecule has 0 spiro atoms. The molecule has 0 fully saturated rings. The van der Waals surface area contributed by atoms with Crippen LogP contribution in [0.5, 0.6) is 0 Å². The summed E-state index contributed by atoms with van der Waals surface area (Å²) >= 11 is 0. The maximum absolute atomic E-state index is 3.77. The van der Waals surface area contributed by atoms with Gasteiger partial charge in [-0.3, -0.25) is 0 Å². The molecule has 1 N–H and O–H groups in total. The van der Waals surface area contributed by atoms with Crippen LogP contribution < -0.4 is 5.32 Å². The van der Waals surface area contributed by atoms with Crippen LogP contribution in [0.4, 0.5) is 0 Å². The van der Waals surface area contributed by atoms with Crippen LogP contribution in [-0.4, -0.2) is 30.6 Å². The fourth-order valence-corrected chi connectivity index (χ4v) is 1.82. The first kappa shape index (κ1) is 11.1. The van der Waals surface area contributed by atoms with Crippen molar-refractivity contribution in [3.63, 3.8) is 0 Å². The van der Waals surface area contributed by atoms with Gasteiger partial charge in [0.15, 0.2) is 0 Å². The van der Waals surface area contributed by atoms with E-state index in [9.17, 15) is 0 Å². The summed E-state index contributed by atoms with van der Waals surface area (Å²) in [4.78, 5) is 2.35. The van der Waals surface area contributed by atoms with E-state index >= 15 is 0 Å². The lowest BCUT2D eigenvalue weighted by Crippen LogP contribution is -2.36. The van der Waals surface area contributed by atoms with E-state index in [4.69, 9.17) is 0 Å². The third-order valence-electron chi connectivity index (χ3n) is 2.42. The van der Waals surface area contributed by atoms with E-state index in [0.717, 1.165) is 26.1 Å². The summed E-state index contributed by atoms with van der Waals surface area (Å²) in [5.41, 5.74) is 1.46. The van der Waals surface area contributed by atoms with Crippen molar-refractivity contribution in [2.24, 2.45) is 0 Å². The van der Waals surface area contributed by atoms with Crippen LogP contribution in [0.3, 0.4) is 0 Å². The molecule has 78 valence electrons. The predicted molar refractivity (Wildman–Crippen MR) is 62.1 cm³/mol. The maximum Gasteiger partial charge on any atom is 0.0450 e. The molecule has 0 saturated heterocycles. The molecule has 1 rings (SSSR count). The summed E-state index contributed by atoms with van der Waals surface area (Å²) in [5, 5.41) is 3.36. The molecule has 1 heterocycles. The van der Waals surface area contributed by atoms with E-state index in [1.165, 1.54) is 5.57 Å². The fourth-order valence-electron chi connectivity index (χ4n) is 1.82. The highest BCUT2D eigenvalue weighted by Gasteiger charge is 2.20. The van der Waals surface area contributed by atoms with E-state index in [0.29, 0.717) is 6.04 Å². The molecule has 0 aromatic carbocycles. The van der Waals surface area contributed by atoms with Crippen LogP contribution in [0.1, 0.15) is 13.3 Å². The van der Waals surface area contributed by atoms with E-state index in [1.807, 2.05) is 12.2 Å². The van der Waals surface area contributed by atoms with E-state index in [2.05, 4.69) is 36.5 Å². The Hall–Kier alpha value is -1.02. The molecule has 0 radical (unpaired) electrons. The molecule has 1 unspecified atom stereocenters. The van der Waals surface area contributed by atoms with Crippen LogP contribution in [0, 0.1) is 0 Å². The first-order valence-electron chi connectivity index (χ1n) is 5.13. The summed E-state index contributed by atoms with van der Waals surface area (Å²) in [6.07, 6.45) is 7.25. The lowest BCUT2D eigenvalue weighted by atomic mass is 10.1. The number of rotatable bonds is 6. The summed E-state index contributed by atoms with van der Waals surface area (Å²) in [5.74, 6) is 0. The molecule has 0 amide bonds. The van der Waals surface area contributed by atoms with Crippen molar-refractivity contribution in [1.82, 2.24) is 10.2 Å². The number of nitrogens with one attached hydrogen (secondary N) is 1. The van der Waals surface area contributed by atoms with Crippen molar-refractivity contribution >= 4 is 0 Å². The predicted octanol–water partition coefficient (Wildman–Crippen LogP) is 1.93. The number of hydrogen-bond acceptors (Lipinski definition) is 2. The van der Waals surface area contributed by atoms with Crippen molar-refractivity contribution in [3.8, 4) is 0 Å². The van der Waals surface area contributed by atoms with Gasteiger partial charge >= 0.3 is 0 Å². The van der Waals surface area contributed by atoms with Gasteiger partial charge in [0.05, 0.1) is 0 Å². The van der Waals surface area contributed by atoms with Crippen LogP contribution in [-0.2, 0) is 0 Å². The highest BCUT2D eigenvalue weighted by molar-refractivity contribution is 5.10. The second-order valence-corrected chi connectivity index (χ2v) is 3.77. The Bertz CT molecular complexity index is 230. The zero-order chi connectivity index (χ0) is 10.4. The second kappa shape index (κ2) is 5.66. The number of hydrogen-bond donors (Lipinski definition) is 1. The standard InChI is InChI=1S/C12H20N2/c1-4-6-13-9-12-8-11(3)10-14(12)7-5-2/h4-5,10,12-13H,1-2,6-9H2,3H3. The van der Waals surface area contributed by atoms with Gasteiger partial charge in [-0.2, -0.15) is 0 Å². The van der Waals surface area contributed by atoms with Gasteiger partial charge in [0, 0.05) is 25.7 Å². The molecule has 14 heavy (non-hydrogen) atoms. The van der Waals surface area contributed by atoms with E-state index in [1.54, 1.807) is 0 Å². The van der Waals surface area contributed by atoms with Crippen molar-refractivity contribution < 1.29 is 0 Å². The molecule has 2 nitrogen and oxygen atoms in total. The first-order valence-corrected chi connectivity index (χ1v) is 5.13. The minimum atomic E-state index is 0.591. The molecule has 0 saturated carbocycles. The topological polar surface area (TPSA) is 15.3 Å². The molecule has 1 atom stereocenters. The Labute approximate surface area is 87.0 Å². The minimum Gasteiger partial charge on any atom is -0.369 e. The Morgan fingerprint density at radius 1 is 1.57 bits per heavy atom. The molecule has 1 aliphatic heterocycles. The Morgan fingerprint density at radius 2 is 2.36 bits per heavy atom. The quantitative estimate of drug-likeness (QED) is 0.511. The van der Waals surface area contributed by atoms with Crippen LogP contribution in [0.25, 0.3) is 0 Å². The van der Waals surface area contributed by atoms with Gasteiger partial charge in [-0.1, -0.05) is 17.7 Å². The van der Waals surface area contributed by atoms with Gasteiger partial charge in [-0.25, -0.2) is 0 Å². The van der Waals surface area contributed by atoms with Crippen molar-refractivity contribution in [2.45, 2.75) is 19.4 Å². The zero-order valence-electron chi connectivity index (χ0n) is 9.00. The smallest absolute Gasteiger partial charge is 0.0450 e. The van der Waals surface area contributed by atoms with E-state index in [-0.39, 0.29) is 0 Å². The molecule has 2 heteroatoms. The summed E-state index contributed by atoms with van der Waals surface area (Å²) in [6.45, 7) is 12.5. The fraction of sp³-hybridized carbons (Fsp3) is 0.500. The normalized spacial score (nSPS) is 20.8. The van der Waals surface area contributed by atoms with Crippen molar-refractivity contribution in [3.05, 3.63) is 37.1 Å². The first-order chi connectivity index (χ1) is 6.77. The minimum absolute atomic E-state index is 0.591. The summed E-state index contributed by atoms with van der Waals surface area (Å²) in [6, 6.07) is 0.591. The lowest BCUT2D eigenvalue weighted by Gasteiger charge is -2.24. The highest BCUT2D eigenvalue weighted by atomic mass is 15.2. The van der Waals surface area contributed by atoms with Gasteiger partial charge in [0.25, 0.3) is 0 Å². The SMILES string of the molecule is C=CCNCC1CC(C)=CN1CC=C. The Balaban J connectivity index is 2.36. The van der Waals surface area contributed by atoms with Crippen LogP contribution in [0.15, 0.2) is 37.1 Å². The number of nitrogens with zero attached hydrogens (tertiary/aromatic N) is 1. The largest absolute Gasteiger partial charge is 0.369 e. The third-order valence-corrected chi connectivity index (χ3v) is 2.42. The molecule has 0 aliphatic carbocycles. The molecule has 0 aromatic heterocycles. The molecule has 0 bridgehead atoms. The van der Waals surface area contributed by atoms with Crippen molar-refractivity contribution in [1.29, 1.82) is 0 Å². The zero-order valence-corrected chi connectivity index (χ0v) is 9.00. The summed E-state index contributed by atoms with van der Waals surface area (Å²) in [7, 11) is 0. The van der Waals surface area contributed by atoms with Crippen LogP contribution in [0.2, 0.25) is 0 Å². The van der Waals surface area contributed by atoms with Gasteiger partial charge in [0.2, 0.25) is 0 Å². The highest BCUT2D eigenvalue weighted by Crippen LogP contribution is 2.20. The lowest BCUT2D eigenvalue weighted by molar-refractivity contribution is 0.318. The van der Waals surface area contributed by atoms with Gasteiger partial charge < -0.3 is 10.2 Å². The Kier molecular flexibility index (Phi) is 4.47. The molecular formula is C12H20N2. The Morgan fingerprint density at radius 3 is 3.00 bits per heavy atom. The monoisotopic (exact) mass is 192 g/mol. The van der Waals surface area contributed by atoms with Gasteiger partial charge in [-0.05, 0) is 19.5 Å². The summed E-state index contributed by atoms with van der Waals surface area (Å²) < 4.78 is 0.